The Kier molecular flexibility index (Phi) is 6.12. The summed E-state index contributed by atoms with van der Waals surface area (Å²) < 4.78 is 0. The predicted octanol–water partition coefficient (Wildman–Crippen LogP) is 2.53. The van der Waals surface area contributed by atoms with Crippen LogP contribution in [0.1, 0.15) is 0 Å². The first-order chi connectivity index (χ1) is 9.06. The third-order valence-electron chi connectivity index (χ3n) is 2.41. The molecule has 0 aliphatic carbocycles. The van der Waals surface area contributed by atoms with Gasteiger partial charge in [-0.15, -0.1) is 13.2 Å². The summed E-state index contributed by atoms with van der Waals surface area (Å²) in [4.78, 5) is 13.8. The van der Waals surface area contributed by atoms with Crippen molar-refractivity contribution >= 4 is 28.9 Å². The minimum absolute atomic E-state index is 0.143. The highest BCUT2D eigenvalue weighted by Crippen LogP contribution is 2.23. The molecule has 0 aliphatic rings. The van der Waals surface area contributed by atoms with Crippen molar-refractivity contribution in [1.82, 2.24) is 4.90 Å². The first kappa shape index (κ1) is 15.3. The maximum Gasteiger partial charge on any atom is 0.238 e. The van der Waals surface area contributed by atoms with Gasteiger partial charge in [0.25, 0.3) is 0 Å². The van der Waals surface area contributed by atoms with Gasteiger partial charge in [-0.3, -0.25) is 9.69 Å². The van der Waals surface area contributed by atoms with E-state index >= 15 is 0 Å². The van der Waals surface area contributed by atoms with Crippen molar-refractivity contribution in [2.24, 2.45) is 0 Å². The molecule has 5 heteroatoms. The van der Waals surface area contributed by atoms with Crippen molar-refractivity contribution in [2.75, 3.05) is 30.7 Å². The van der Waals surface area contributed by atoms with E-state index in [9.17, 15) is 4.79 Å². The molecule has 0 saturated carbocycles. The zero-order chi connectivity index (χ0) is 14.3. The number of hydrogen-bond donors (Lipinski definition) is 2. The van der Waals surface area contributed by atoms with Gasteiger partial charge in [-0.2, -0.15) is 0 Å². The number of anilines is 2. The molecular weight excluding hydrogens is 262 g/mol. The van der Waals surface area contributed by atoms with Crippen LogP contribution in [0.15, 0.2) is 43.5 Å². The highest BCUT2D eigenvalue weighted by molar-refractivity contribution is 6.34. The van der Waals surface area contributed by atoms with Crippen LogP contribution >= 0.6 is 11.6 Å². The number of nitrogens with two attached hydrogens (primary N) is 1. The average Bonchev–Trinajstić information content (AvgIpc) is 2.33. The maximum absolute atomic E-state index is 11.9. The summed E-state index contributed by atoms with van der Waals surface area (Å²) >= 11 is 5.99. The molecule has 0 aliphatic heterocycles. The second kappa shape index (κ2) is 7.61. The van der Waals surface area contributed by atoms with Crippen LogP contribution in [0, 0.1) is 0 Å². The molecule has 1 rings (SSSR count). The molecule has 1 amide bonds. The van der Waals surface area contributed by atoms with Crippen molar-refractivity contribution in [1.29, 1.82) is 0 Å². The molecule has 0 fully saturated rings. The van der Waals surface area contributed by atoms with Crippen LogP contribution in [0.3, 0.4) is 0 Å². The molecular formula is C14H18ClN3O. The Morgan fingerprint density at radius 1 is 1.37 bits per heavy atom. The van der Waals surface area contributed by atoms with Gasteiger partial charge in [0.05, 0.1) is 17.3 Å². The van der Waals surface area contributed by atoms with E-state index in [0.717, 1.165) is 0 Å². The zero-order valence-corrected chi connectivity index (χ0v) is 11.5. The molecule has 3 N–H and O–H groups in total. The quantitative estimate of drug-likeness (QED) is 0.596. The summed E-state index contributed by atoms with van der Waals surface area (Å²) in [5.74, 6) is -0.143. The Hall–Kier alpha value is -1.78. The molecule has 1 aromatic carbocycles. The summed E-state index contributed by atoms with van der Waals surface area (Å²) in [6.07, 6.45) is 3.49. The summed E-state index contributed by atoms with van der Waals surface area (Å²) in [5.41, 5.74) is 6.70. The molecule has 102 valence electrons. The van der Waals surface area contributed by atoms with Gasteiger partial charge >= 0.3 is 0 Å². The fourth-order valence-corrected chi connectivity index (χ4v) is 1.83. The largest absolute Gasteiger partial charge is 0.399 e. The Balaban J connectivity index is 2.62. The fraction of sp³-hybridized carbons (Fsp3) is 0.214. The van der Waals surface area contributed by atoms with Crippen LogP contribution in [0.2, 0.25) is 5.02 Å². The molecule has 0 unspecified atom stereocenters. The zero-order valence-electron chi connectivity index (χ0n) is 10.7. The number of benzene rings is 1. The minimum atomic E-state index is -0.143. The summed E-state index contributed by atoms with van der Waals surface area (Å²) in [6.45, 7) is 8.80. The molecule has 0 atom stereocenters. The molecule has 0 heterocycles. The van der Waals surface area contributed by atoms with Crippen LogP contribution in [-0.4, -0.2) is 30.4 Å². The fourth-order valence-electron chi connectivity index (χ4n) is 1.59. The van der Waals surface area contributed by atoms with E-state index in [1.54, 1.807) is 30.4 Å². The lowest BCUT2D eigenvalue weighted by Crippen LogP contribution is -2.33. The van der Waals surface area contributed by atoms with Crippen LogP contribution < -0.4 is 11.1 Å². The lowest BCUT2D eigenvalue weighted by molar-refractivity contribution is -0.117. The van der Waals surface area contributed by atoms with Crippen LogP contribution in [0.25, 0.3) is 0 Å². The molecule has 0 radical (unpaired) electrons. The Morgan fingerprint density at radius 2 is 2.00 bits per heavy atom. The van der Waals surface area contributed by atoms with Gasteiger partial charge < -0.3 is 11.1 Å². The van der Waals surface area contributed by atoms with Gasteiger partial charge in [0.15, 0.2) is 0 Å². The van der Waals surface area contributed by atoms with Gasteiger partial charge in [-0.05, 0) is 18.2 Å². The molecule has 0 aromatic heterocycles. The number of amides is 1. The highest BCUT2D eigenvalue weighted by atomic mass is 35.5. The Labute approximate surface area is 118 Å². The topological polar surface area (TPSA) is 58.4 Å². The predicted molar refractivity (Wildman–Crippen MR) is 81.3 cm³/mol. The number of carbonyl (C=O) groups excluding carboxylic acids is 1. The van der Waals surface area contributed by atoms with Gasteiger partial charge in [-0.1, -0.05) is 23.8 Å². The monoisotopic (exact) mass is 279 g/mol. The van der Waals surface area contributed by atoms with Crippen molar-refractivity contribution < 1.29 is 4.79 Å². The molecule has 1 aromatic rings. The Bertz CT molecular complexity index is 464. The molecule has 19 heavy (non-hydrogen) atoms. The Morgan fingerprint density at radius 3 is 2.53 bits per heavy atom. The van der Waals surface area contributed by atoms with Gasteiger partial charge in [0.2, 0.25) is 5.91 Å². The van der Waals surface area contributed by atoms with E-state index in [4.69, 9.17) is 17.3 Å². The highest BCUT2D eigenvalue weighted by Gasteiger charge is 2.10. The first-order valence-corrected chi connectivity index (χ1v) is 6.23. The molecule has 0 saturated heterocycles. The van der Waals surface area contributed by atoms with Gasteiger partial charge in [0, 0.05) is 18.8 Å². The van der Waals surface area contributed by atoms with E-state index < -0.39 is 0 Å². The molecule has 0 spiro atoms. The minimum Gasteiger partial charge on any atom is -0.399 e. The number of nitrogens with zero attached hydrogens (tertiary/aromatic N) is 1. The van der Waals surface area contributed by atoms with E-state index in [2.05, 4.69) is 18.5 Å². The number of nitrogen functional groups attached to an aromatic ring is 1. The van der Waals surface area contributed by atoms with E-state index in [-0.39, 0.29) is 12.5 Å². The average molecular weight is 280 g/mol. The number of hydrogen-bond acceptors (Lipinski definition) is 3. The number of carbonyl (C=O) groups is 1. The summed E-state index contributed by atoms with van der Waals surface area (Å²) in [5, 5.41) is 3.17. The lowest BCUT2D eigenvalue weighted by atomic mass is 10.3. The van der Waals surface area contributed by atoms with Crippen molar-refractivity contribution in [3.8, 4) is 0 Å². The molecule has 4 nitrogen and oxygen atoms in total. The smallest absolute Gasteiger partial charge is 0.238 e. The first-order valence-electron chi connectivity index (χ1n) is 5.86. The van der Waals surface area contributed by atoms with E-state index in [1.807, 2.05) is 4.90 Å². The third kappa shape index (κ3) is 5.16. The number of rotatable bonds is 7. The SMILES string of the molecule is C=CCN(CC=C)CC(=O)Nc1ccc(N)cc1Cl. The normalized spacial score (nSPS) is 10.2. The van der Waals surface area contributed by atoms with Crippen molar-refractivity contribution in [3.05, 3.63) is 48.5 Å². The van der Waals surface area contributed by atoms with Crippen molar-refractivity contribution in [3.63, 3.8) is 0 Å². The second-order valence-corrected chi connectivity index (χ2v) is 4.47. The second-order valence-electron chi connectivity index (χ2n) is 4.06. The summed E-state index contributed by atoms with van der Waals surface area (Å²) in [6, 6.07) is 4.97. The van der Waals surface area contributed by atoms with Crippen LogP contribution in [-0.2, 0) is 4.79 Å². The van der Waals surface area contributed by atoms with E-state index in [0.29, 0.717) is 29.5 Å². The maximum atomic E-state index is 11.9. The van der Waals surface area contributed by atoms with Gasteiger partial charge in [-0.25, -0.2) is 0 Å². The number of nitrogens with one attached hydrogen (secondary N) is 1. The number of halogens is 1. The lowest BCUT2D eigenvalue weighted by Gasteiger charge is -2.18. The standard InChI is InChI=1S/C14H18ClN3O/c1-3-7-18(8-4-2)10-14(19)17-13-6-5-11(16)9-12(13)15/h3-6,9H,1-2,7-8,10,16H2,(H,17,19). The van der Waals surface area contributed by atoms with Crippen molar-refractivity contribution in [2.45, 2.75) is 0 Å². The molecule has 0 bridgehead atoms. The summed E-state index contributed by atoms with van der Waals surface area (Å²) in [7, 11) is 0. The van der Waals surface area contributed by atoms with Gasteiger partial charge in [0.1, 0.15) is 0 Å². The van der Waals surface area contributed by atoms with E-state index in [1.165, 1.54) is 0 Å². The van der Waals surface area contributed by atoms with Crippen LogP contribution in [0.4, 0.5) is 11.4 Å². The third-order valence-corrected chi connectivity index (χ3v) is 2.72. The van der Waals surface area contributed by atoms with Crippen LogP contribution in [0.5, 0.6) is 0 Å².